The molecule has 0 aliphatic carbocycles. The summed E-state index contributed by atoms with van der Waals surface area (Å²) in [5.74, 6) is -1.65. The molecule has 0 spiro atoms. The maximum absolute atomic E-state index is 9.55. The molecule has 2 aromatic carbocycles. The van der Waals surface area contributed by atoms with Gasteiger partial charge in [-0.15, -0.1) is 26.6 Å². The van der Waals surface area contributed by atoms with Crippen molar-refractivity contribution in [3.63, 3.8) is 0 Å². The van der Waals surface area contributed by atoms with Crippen LogP contribution in [0.4, 0.5) is 0 Å². The molecule has 1 aliphatic rings. The standard InChI is InChI=1S/C27H31N5O2S.C4H4O4/c1-3-7-22(8-4-1)27(23-9-5-2-6-10-23)34-24-13-15-31(16-14-24)17-18-33-19-20-35-26-12-11-25-28-21-29-32(25)30-26;5-3(6)1-2-4(7)8/h1-12,21,24,27H,13-20H2;1-2H,(H,5,6)(H,7,8). The van der Waals surface area contributed by atoms with Crippen molar-refractivity contribution in [3.8, 4) is 0 Å². The number of aromatic nitrogens is 4. The minimum atomic E-state index is -1.26. The van der Waals surface area contributed by atoms with Gasteiger partial charge in [-0.1, -0.05) is 60.7 Å². The van der Waals surface area contributed by atoms with Gasteiger partial charge in [0.15, 0.2) is 5.65 Å². The molecule has 43 heavy (non-hydrogen) atoms. The Morgan fingerprint density at radius 2 is 1.53 bits per heavy atom. The third-order valence-corrected chi connectivity index (χ3v) is 7.47. The molecule has 2 N–H and O–H groups in total. The monoisotopic (exact) mass is 605 g/mol. The predicted molar refractivity (Wildman–Crippen MR) is 162 cm³/mol. The zero-order chi connectivity index (χ0) is 30.3. The number of rotatable bonds is 13. The molecular weight excluding hydrogens is 570 g/mol. The van der Waals surface area contributed by atoms with Crippen molar-refractivity contribution < 1.29 is 29.3 Å². The van der Waals surface area contributed by atoms with Crippen molar-refractivity contribution >= 4 is 29.3 Å². The molecule has 0 unspecified atom stereocenters. The lowest BCUT2D eigenvalue weighted by Crippen LogP contribution is -2.39. The van der Waals surface area contributed by atoms with E-state index >= 15 is 0 Å². The van der Waals surface area contributed by atoms with Crippen molar-refractivity contribution in [1.29, 1.82) is 0 Å². The second-order valence-corrected chi connectivity index (χ2v) is 10.7. The normalized spacial score (nSPS) is 14.2. The number of thioether (sulfide) groups is 1. The lowest BCUT2D eigenvalue weighted by molar-refractivity contribution is -0.134. The second-order valence-electron chi connectivity index (χ2n) is 9.63. The van der Waals surface area contributed by atoms with E-state index in [9.17, 15) is 9.59 Å². The fraction of sp³-hybridized carbons (Fsp3) is 0.323. The Morgan fingerprint density at radius 3 is 2.14 bits per heavy atom. The van der Waals surface area contributed by atoms with Gasteiger partial charge in [0.1, 0.15) is 17.5 Å². The molecule has 1 aliphatic heterocycles. The molecule has 2 aromatic heterocycles. The quantitative estimate of drug-likeness (QED) is 0.129. The van der Waals surface area contributed by atoms with E-state index in [2.05, 4.69) is 80.7 Å². The fourth-order valence-electron chi connectivity index (χ4n) is 4.49. The van der Waals surface area contributed by atoms with Gasteiger partial charge in [0.2, 0.25) is 0 Å². The molecule has 0 atom stereocenters. The SMILES string of the molecule is O=C(O)C=CC(=O)O.c1ccc(C(OC2CCN(CCOCCSc3ccc4ncnn4n3)CC2)c2ccccc2)cc1. The summed E-state index contributed by atoms with van der Waals surface area (Å²) in [5, 5.41) is 25.1. The summed E-state index contributed by atoms with van der Waals surface area (Å²) in [6.07, 6.45) is 4.97. The Bertz CT molecular complexity index is 1390. The zero-order valence-corrected chi connectivity index (χ0v) is 24.5. The summed E-state index contributed by atoms with van der Waals surface area (Å²) < 4.78 is 14.1. The number of piperidine rings is 1. The first-order chi connectivity index (χ1) is 21.0. The van der Waals surface area contributed by atoms with Crippen molar-refractivity contribution in [2.24, 2.45) is 0 Å². The Kier molecular flexibility index (Phi) is 12.7. The highest BCUT2D eigenvalue weighted by molar-refractivity contribution is 7.99. The molecule has 1 saturated heterocycles. The number of ether oxygens (including phenoxy) is 2. The summed E-state index contributed by atoms with van der Waals surface area (Å²) in [7, 11) is 0. The first kappa shape index (κ1) is 31.8. The van der Waals surface area contributed by atoms with Crippen LogP contribution >= 0.6 is 11.8 Å². The van der Waals surface area contributed by atoms with E-state index in [0.29, 0.717) is 18.8 Å². The Hall–Kier alpha value is -4.10. The maximum Gasteiger partial charge on any atom is 0.328 e. The van der Waals surface area contributed by atoms with Gasteiger partial charge < -0.3 is 24.6 Å². The van der Waals surface area contributed by atoms with Crippen LogP contribution in [0.1, 0.15) is 30.1 Å². The van der Waals surface area contributed by atoms with Crippen LogP contribution < -0.4 is 0 Å². The van der Waals surface area contributed by atoms with E-state index in [1.165, 1.54) is 17.5 Å². The van der Waals surface area contributed by atoms with E-state index < -0.39 is 11.9 Å². The van der Waals surface area contributed by atoms with Crippen molar-refractivity contribution in [2.45, 2.75) is 30.1 Å². The van der Waals surface area contributed by atoms with Gasteiger partial charge >= 0.3 is 11.9 Å². The van der Waals surface area contributed by atoms with E-state index in [4.69, 9.17) is 19.7 Å². The average Bonchev–Trinajstić information content (AvgIpc) is 3.50. The average molecular weight is 606 g/mol. The number of carboxylic acid groups (broad SMARTS) is 2. The lowest BCUT2D eigenvalue weighted by atomic mass is 10.00. The van der Waals surface area contributed by atoms with E-state index in [-0.39, 0.29) is 12.2 Å². The molecule has 0 saturated carbocycles. The largest absolute Gasteiger partial charge is 0.478 e. The number of aliphatic carboxylic acids is 2. The van der Waals surface area contributed by atoms with Crippen molar-refractivity contribution in [1.82, 2.24) is 24.7 Å². The second kappa shape index (κ2) is 17.1. The number of hydrogen-bond donors (Lipinski definition) is 2. The van der Waals surface area contributed by atoms with Gasteiger partial charge in [-0.25, -0.2) is 14.6 Å². The van der Waals surface area contributed by atoms with Crippen LogP contribution in [-0.2, 0) is 19.1 Å². The number of nitrogens with zero attached hydrogens (tertiary/aromatic N) is 5. The number of benzene rings is 2. The van der Waals surface area contributed by atoms with Crippen LogP contribution in [0.2, 0.25) is 0 Å². The molecule has 0 amide bonds. The van der Waals surface area contributed by atoms with Crippen LogP contribution in [0.25, 0.3) is 5.65 Å². The van der Waals surface area contributed by atoms with E-state index in [1.807, 2.05) is 12.1 Å². The third kappa shape index (κ3) is 10.9. The molecule has 11 nitrogen and oxygen atoms in total. The molecule has 0 radical (unpaired) electrons. The molecule has 226 valence electrons. The summed E-state index contributed by atoms with van der Waals surface area (Å²) in [6.45, 7) is 4.50. The molecule has 3 heterocycles. The van der Waals surface area contributed by atoms with Crippen LogP contribution in [0.5, 0.6) is 0 Å². The Labute approximate surface area is 254 Å². The smallest absolute Gasteiger partial charge is 0.328 e. The van der Waals surface area contributed by atoms with Gasteiger partial charge in [-0.3, -0.25) is 0 Å². The summed E-state index contributed by atoms with van der Waals surface area (Å²) in [6, 6.07) is 25.0. The minimum Gasteiger partial charge on any atom is -0.478 e. The summed E-state index contributed by atoms with van der Waals surface area (Å²) in [5.41, 5.74) is 3.18. The number of carboxylic acids is 2. The summed E-state index contributed by atoms with van der Waals surface area (Å²) in [4.78, 5) is 25.7. The number of hydrogen-bond acceptors (Lipinski definition) is 9. The van der Waals surface area contributed by atoms with Gasteiger partial charge in [-0.2, -0.15) is 0 Å². The third-order valence-electron chi connectivity index (χ3n) is 6.59. The van der Waals surface area contributed by atoms with E-state index in [1.54, 1.807) is 16.4 Å². The topological polar surface area (TPSA) is 139 Å². The summed E-state index contributed by atoms with van der Waals surface area (Å²) >= 11 is 1.67. The van der Waals surface area contributed by atoms with Gasteiger partial charge in [0, 0.05) is 37.5 Å². The number of likely N-dealkylation sites (tertiary alicyclic amines) is 1. The highest BCUT2D eigenvalue weighted by atomic mass is 32.2. The predicted octanol–water partition coefficient (Wildman–Crippen LogP) is 4.22. The first-order valence-corrected chi connectivity index (χ1v) is 15.0. The van der Waals surface area contributed by atoms with Crippen LogP contribution in [0, 0.1) is 0 Å². The molecule has 1 fully saturated rings. The van der Waals surface area contributed by atoms with E-state index in [0.717, 1.165) is 55.5 Å². The van der Waals surface area contributed by atoms with Crippen molar-refractivity contribution in [2.75, 3.05) is 38.6 Å². The van der Waals surface area contributed by atoms with Gasteiger partial charge in [0.25, 0.3) is 0 Å². The number of carbonyl (C=O) groups is 2. The highest BCUT2D eigenvalue weighted by Crippen LogP contribution is 2.30. The Morgan fingerprint density at radius 1 is 0.907 bits per heavy atom. The maximum atomic E-state index is 9.55. The molecule has 12 heteroatoms. The molecule has 5 rings (SSSR count). The highest BCUT2D eigenvalue weighted by Gasteiger charge is 2.24. The minimum absolute atomic E-state index is 0.0189. The molecule has 4 aromatic rings. The molecule has 0 bridgehead atoms. The van der Waals surface area contributed by atoms with Gasteiger partial charge in [0.05, 0.1) is 19.3 Å². The van der Waals surface area contributed by atoms with Gasteiger partial charge in [-0.05, 0) is 36.1 Å². The Balaban J connectivity index is 0.000000467. The fourth-order valence-corrected chi connectivity index (χ4v) is 5.20. The number of fused-ring (bicyclic) bond motifs is 1. The molecular formula is C31H35N5O6S. The first-order valence-electron chi connectivity index (χ1n) is 14.0. The van der Waals surface area contributed by atoms with Crippen LogP contribution in [0.15, 0.2) is 96.3 Å². The van der Waals surface area contributed by atoms with Crippen molar-refractivity contribution in [3.05, 3.63) is 102 Å². The van der Waals surface area contributed by atoms with Crippen LogP contribution in [-0.4, -0.2) is 91.6 Å². The lowest BCUT2D eigenvalue weighted by Gasteiger charge is -2.34. The van der Waals surface area contributed by atoms with Crippen LogP contribution in [0.3, 0.4) is 0 Å². The zero-order valence-electron chi connectivity index (χ0n) is 23.6.